The van der Waals surface area contributed by atoms with E-state index in [9.17, 15) is 9.59 Å². The van der Waals surface area contributed by atoms with Gasteiger partial charge in [-0.25, -0.2) is 4.79 Å². The Morgan fingerprint density at radius 2 is 1.88 bits per heavy atom. The Morgan fingerprint density at radius 1 is 1.08 bits per heavy atom. The second kappa shape index (κ2) is 5.86. The standard InChI is InChI=1S/C18H14N4O3/c1-2-22-17(23)13-9-8-12(10-14(13)19-18(22)24)16-20-15(21-25-16)11-6-4-3-5-7-11/h3-10H,2H2,1H3,(H,19,24). The van der Waals surface area contributed by atoms with E-state index in [-0.39, 0.29) is 5.56 Å². The van der Waals surface area contributed by atoms with Crippen LogP contribution in [0.2, 0.25) is 0 Å². The van der Waals surface area contributed by atoms with Crippen LogP contribution in [0.5, 0.6) is 0 Å². The monoisotopic (exact) mass is 334 g/mol. The molecule has 0 saturated heterocycles. The summed E-state index contributed by atoms with van der Waals surface area (Å²) >= 11 is 0. The van der Waals surface area contributed by atoms with Crippen molar-refractivity contribution in [1.82, 2.24) is 19.7 Å². The molecule has 0 unspecified atom stereocenters. The zero-order valence-corrected chi connectivity index (χ0v) is 13.4. The first kappa shape index (κ1) is 15.1. The van der Waals surface area contributed by atoms with E-state index < -0.39 is 5.69 Å². The Balaban J connectivity index is 1.82. The third-order valence-electron chi connectivity index (χ3n) is 4.00. The van der Waals surface area contributed by atoms with Crippen molar-refractivity contribution in [2.75, 3.05) is 0 Å². The largest absolute Gasteiger partial charge is 0.334 e. The SMILES string of the molecule is CCn1c(=O)[nH]c2cc(-c3nc(-c4ccccc4)no3)ccc2c1=O. The van der Waals surface area contributed by atoms with E-state index in [4.69, 9.17) is 4.52 Å². The lowest BCUT2D eigenvalue weighted by molar-refractivity contribution is 0.432. The van der Waals surface area contributed by atoms with Crippen LogP contribution < -0.4 is 11.2 Å². The fourth-order valence-corrected chi connectivity index (χ4v) is 2.72. The van der Waals surface area contributed by atoms with Crippen LogP contribution in [0.4, 0.5) is 0 Å². The molecule has 124 valence electrons. The van der Waals surface area contributed by atoms with Gasteiger partial charge in [-0.15, -0.1) is 0 Å². The summed E-state index contributed by atoms with van der Waals surface area (Å²) in [5.41, 5.74) is 1.16. The number of aromatic nitrogens is 4. The highest BCUT2D eigenvalue weighted by Gasteiger charge is 2.13. The molecule has 0 spiro atoms. The highest BCUT2D eigenvalue weighted by Crippen LogP contribution is 2.23. The number of nitrogens with one attached hydrogen (secondary N) is 1. The first-order valence-corrected chi connectivity index (χ1v) is 7.84. The van der Waals surface area contributed by atoms with Crippen LogP contribution in [-0.4, -0.2) is 19.7 Å². The predicted molar refractivity (Wildman–Crippen MR) is 93.2 cm³/mol. The lowest BCUT2D eigenvalue weighted by Gasteiger charge is -2.04. The fraction of sp³-hybridized carbons (Fsp3) is 0.111. The molecule has 2 aromatic heterocycles. The van der Waals surface area contributed by atoms with Crippen LogP contribution in [0.25, 0.3) is 33.7 Å². The molecule has 2 aromatic carbocycles. The first-order chi connectivity index (χ1) is 12.2. The Labute approximate surface area is 141 Å². The highest BCUT2D eigenvalue weighted by atomic mass is 16.5. The van der Waals surface area contributed by atoms with Gasteiger partial charge in [-0.05, 0) is 25.1 Å². The van der Waals surface area contributed by atoms with Crippen LogP contribution in [0.15, 0.2) is 62.6 Å². The molecule has 2 heterocycles. The molecule has 7 heteroatoms. The van der Waals surface area contributed by atoms with Crippen molar-refractivity contribution in [3.8, 4) is 22.8 Å². The molecule has 0 aliphatic carbocycles. The topological polar surface area (TPSA) is 93.8 Å². The summed E-state index contributed by atoms with van der Waals surface area (Å²) in [4.78, 5) is 31.4. The van der Waals surface area contributed by atoms with Crippen molar-refractivity contribution in [3.05, 3.63) is 69.4 Å². The van der Waals surface area contributed by atoms with Gasteiger partial charge in [-0.2, -0.15) is 4.98 Å². The zero-order chi connectivity index (χ0) is 17.4. The molecular formula is C18H14N4O3. The van der Waals surface area contributed by atoms with Crippen molar-refractivity contribution in [1.29, 1.82) is 0 Å². The normalized spacial score (nSPS) is 11.1. The number of H-pyrrole nitrogens is 1. The van der Waals surface area contributed by atoms with E-state index in [1.807, 2.05) is 30.3 Å². The van der Waals surface area contributed by atoms with Crippen molar-refractivity contribution >= 4 is 10.9 Å². The summed E-state index contributed by atoms with van der Waals surface area (Å²) in [6.07, 6.45) is 0. The maximum absolute atomic E-state index is 12.3. The Hall–Kier alpha value is -3.48. The molecule has 0 bridgehead atoms. The summed E-state index contributed by atoms with van der Waals surface area (Å²) in [5, 5.41) is 4.42. The minimum atomic E-state index is -0.437. The maximum atomic E-state index is 12.3. The van der Waals surface area contributed by atoms with Crippen LogP contribution in [0.1, 0.15) is 6.92 Å². The van der Waals surface area contributed by atoms with Crippen molar-refractivity contribution in [3.63, 3.8) is 0 Å². The number of fused-ring (bicyclic) bond motifs is 1. The van der Waals surface area contributed by atoms with Gasteiger partial charge in [0.05, 0.1) is 10.9 Å². The number of hydrogen-bond acceptors (Lipinski definition) is 5. The van der Waals surface area contributed by atoms with E-state index in [1.165, 1.54) is 0 Å². The summed E-state index contributed by atoms with van der Waals surface area (Å²) < 4.78 is 6.48. The molecule has 0 atom stereocenters. The molecule has 0 aliphatic heterocycles. The number of hydrogen-bond donors (Lipinski definition) is 1. The predicted octanol–water partition coefficient (Wildman–Crippen LogP) is 2.43. The van der Waals surface area contributed by atoms with Crippen LogP contribution in [0.3, 0.4) is 0 Å². The minimum absolute atomic E-state index is 0.315. The number of aromatic amines is 1. The molecule has 25 heavy (non-hydrogen) atoms. The average Bonchev–Trinajstić information content (AvgIpc) is 3.12. The molecule has 0 amide bonds. The Morgan fingerprint density at radius 3 is 2.64 bits per heavy atom. The van der Waals surface area contributed by atoms with Crippen LogP contribution in [0, 0.1) is 0 Å². The number of nitrogens with zero attached hydrogens (tertiary/aromatic N) is 3. The van der Waals surface area contributed by atoms with Crippen molar-refractivity contribution in [2.24, 2.45) is 0 Å². The number of rotatable bonds is 3. The van der Waals surface area contributed by atoms with Crippen molar-refractivity contribution in [2.45, 2.75) is 13.5 Å². The minimum Gasteiger partial charge on any atom is -0.334 e. The molecule has 0 radical (unpaired) electrons. The molecule has 7 nitrogen and oxygen atoms in total. The third-order valence-corrected chi connectivity index (χ3v) is 4.00. The maximum Gasteiger partial charge on any atom is 0.328 e. The molecule has 4 aromatic rings. The lowest BCUT2D eigenvalue weighted by atomic mass is 10.1. The highest BCUT2D eigenvalue weighted by molar-refractivity contribution is 5.82. The van der Waals surface area contributed by atoms with Gasteiger partial charge in [0.1, 0.15) is 0 Å². The lowest BCUT2D eigenvalue weighted by Crippen LogP contribution is -2.34. The molecule has 0 aliphatic rings. The molecule has 1 N–H and O–H groups in total. The van der Waals surface area contributed by atoms with Gasteiger partial charge >= 0.3 is 5.69 Å². The van der Waals surface area contributed by atoms with E-state index in [0.29, 0.717) is 34.7 Å². The molecular weight excluding hydrogens is 320 g/mol. The van der Waals surface area contributed by atoms with Gasteiger partial charge in [-0.3, -0.25) is 9.36 Å². The smallest absolute Gasteiger partial charge is 0.328 e. The van der Waals surface area contributed by atoms with Gasteiger partial charge in [0.15, 0.2) is 0 Å². The zero-order valence-electron chi connectivity index (χ0n) is 13.4. The van der Waals surface area contributed by atoms with Crippen molar-refractivity contribution < 1.29 is 4.52 Å². The third kappa shape index (κ3) is 2.55. The van der Waals surface area contributed by atoms with E-state index in [0.717, 1.165) is 10.1 Å². The fourth-order valence-electron chi connectivity index (χ4n) is 2.72. The van der Waals surface area contributed by atoms with Gasteiger partial charge in [0, 0.05) is 17.7 Å². The summed E-state index contributed by atoms with van der Waals surface area (Å²) in [6.45, 7) is 2.07. The van der Waals surface area contributed by atoms with Gasteiger partial charge in [0.2, 0.25) is 5.82 Å². The van der Waals surface area contributed by atoms with Gasteiger partial charge in [-0.1, -0.05) is 35.5 Å². The first-order valence-electron chi connectivity index (χ1n) is 7.84. The second-order valence-electron chi connectivity index (χ2n) is 5.53. The summed E-state index contributed by atoms with van der Waals surface area (Å²) in [6, 6.07) is 14.5. The summed E-state index contributed by atoms with van der Waals surface area (Å²) in [5.74, 6) is 0.798. The van der Waals surface area contributed by atoms with E-state index in [2.05, 4.69) is 15.1 Å². The Bertz CT molecular complexity index is 1170. The second-order valence-corrected chi connectivity index (χ2v) is 5.53. The van der Waals surface area contributed by atoms with Gasteiger partial charge < -0.3 is 9.51 Å². The van der Waals surface area contributed by atoms with E-state index in [1.54, 1.807) is 25.1 Å². The molecule has 4 rings (SSSR count). The van der Waals surface area contributed by atoms with E-state index >= 15 is 0 Å². The number of benzene rings is 2. The molecule has 0 saturated carbocycles. The van der Waals surface area contributed by atoms with Crippen LogP contribution in [-0.2, 0) is 6.54 Å². The average molecular weight is 334 g/mol. The summed E-state index contributed by atoms with van der Waals surface area (Å²) in [7, 11) is 0. The molecule has 0 fully saturated rings. The van der Waals surface area contributed by atoms with Crippen LogP contribution >= 0.6 is 0 Å². The quantitative estimate of drug-likeness (QED) is 0.621. The Kier molecular flexibility index (Phi) is 3.53. The van der Waals surface area contributed by atoms with Gasteiger partial charge in [0.25, 0.3) is 11.4 Å².